The lowest BCUT2D eigenvalue weighted by Crippen LogP contribution is -2.27. The minimum atomic E-state index is -0.431. The second-order valence-electron chi connectivity index (χ2n) is 7.26. The SMILES string of the molecule is C=CCn1c(S[C@@H](C)C(=O)Nc2ccccc2[C@H](C)CC)nc2ccccc2c1=O. The summed E-state index contributed by atoms with van der Waals surface area (Å²) in [5, 5.41) is 3.69. The maximum atomic E-state index is 12.9. The molecule has 1 aromatic heterocycles. The van der Waals surface area contributed by atoms with Gasteiger partial charge in [0.2, 0.25) is 5.91 Å². The van der Waals surface area contributed by atoms with Gasteiger partial charge < -0.3 is 5.32 Å². The number of carbonyl (C=O) groups excluding carboxylic acids is 1. The topological polar surface area (TPSA) is 64.0 Å². The van der Waals surface area contributed by atoms with E-state index in [1.165, 1.54) is 11.8 Å². The van der Waals surface area contributed by atoms with E-state index in [-0.39, 0.29) is 11.5 Å². The van der Waals surface area contributed by atoms with Crippen molar-refractivity contribution in [1.29, 1.82) is 0 Å². The zero-order valence-corrected chi connectivity index (χ0v) is 18.4. The van der Waals surface area contributed by atoms with E-state index in [0.29, 0.717) is 28.5 Å². The minimum absolute atomic E-state index is 0.122. The smallest absolute Gasteiger partial charge is 0.262 e. The number of hydrogen-bond acceptors (Lipinski definition) is 4. The highest BCUT2D eigenvalue weighted by atomic mass is 32.2. The summed E-state index contributed by atoms with van der Waals surface area (Å²) >= 11 is 1.28. The molecule has 5 nitrogen and oxygen atoms in total. The molecule has 3 rings (SSSR count). The maximum absolute atomic E-state index is 12.9. The van der Waals surface area contributed by atoms with E-state index in [2.05, 4.69) is 30.7 Å². The summed E-state index contributed by atoms with van der Waals surface area (Å²) in [6, 6.07) is 15.1. The van der Waals surface area contributed by atoms with Crippen LogP contribution in [0.25, 0.3) is 10.9 Å². The van der Waals surface area contributed by atoms with Gasteiger partial charge in [-0.1, -0.05) is 62.0 Å². The Balaban J connectivity index is 1.87. The molecular weight excluding hydrogens is 394 g/mol. The number of fused-ring (bicyclic) bond motifs is 1. The average Bonchev–Trinajstić information content (AvgIpc) is 2.76. The summed E-state index contributed by atoms with van der Waals surface area (Å²) in [6.45, 7) is 10.2. The van der Waals surface area contributed by atoms with E-state index < -0.39 is 5.25 Å². The largest absolute Gasteiger partial charge is 0.325 e. The fraction of sp³-hybridized carbons (Fsp3) is 0.292. The van der Waals surface area contributed by atoms with Crippen LogP contribution in [-0.4, -0.2) is 20.7 Å². The first kappa shape index (κ1) is 21.8. The summed E-state index contributed by atoms with van der Waals surface area (Å²) in [7, 11) is 0. The Morgan fingerprint density at radius 1 is 1.20 bits per heavy atom. The van der Waals surface area contributed by atoms with Crippen molar-refractivity contribution in [3.05, 3.63) is 77.1 Å². The van der Waals surface area contributed by atoms with Gasteiger partial charge in [0.05, 0.1) is 16.2 Å². The molecule has 30 heavy (non-hydrogen) atoms. The van der Waals surface area contributed by atoms with Gasteiger partial charge in [0.15, 0.2) is 5.16 Å². The second-order valence-corrected chi connectivity index (χ2v) is 8.57. The number of allylic oxidation sites excluding steroid dienone is 1. The lowest BCUT2D eigenvalue weighted by Gasteiger charge is -2.18. The Labute approximate surface area is 181 Å². The highest BCUT2D eigenvalue weighted by molar-refractivity contribution is 8.00. The number of aromatic nitrogens is 2. The van der Waals surface area contributed by atoms with Crippen LogP contribution in [0.3, 0.4) is 0 Å². The first-order valence-corrected chi connectivity index (χ1v) is 11.0. The van der Waals surface area contributed by atoms with Crippen molar-refractivity contribution in [3.63, 3.8) is 0 Å². The van der Waals surface area contributed by atoms with Crippen molar-refractivity contribution in [1.82, 2.24) is 9.55 Å². The summed E-state index contributed by atoms with van der Waals surface area (Å²) in [5.74, 6) is 0.229. The lowest BCUT2D eigenvalue weighted by atomic mass is 9.97. The molecular formula is C24H27N3O2S. The Morgan fingerprint density at radius 3 is 2.63 bits per heavy atom. The molecule has 2 atom stereocenters. The number of rotatable bonds is 8. The van der Waals surface area contributed by atoms with Crippen molar-refractivity contribution in [2.24, 2.45) is 0 Å². The lowest BCUT2D eigenvalue weighted by molar-refractivity contribution is -0.115. The van der Waals surface area contributed by atoms with Crippen LogP contribution in [0.4, 0.5) is 5.69 Å². The van der Waals surface area contributed by atoms with Gasteiger partial charge in [0.25, 0.3) is 5.56 Å². The molecule has 0 aliphatic heterocycles. The molecule has 0 bridgehead atoms. The highest BCUT2D eigenvalue weighted by Crippen LogP contribution is 2.28. The number of carbonyl (C=O) groups is 1. The third-order valence-corrected chi connectivity index (χ3v) is 6.24. The molecule has 2 aromatic carbocycles. The first-order chi connectivity index (χ1) is 14.5. The van der Waals surface area contributed by atoms with Gasteiger partial charge in [0.1, 0.15) is 0 Å². The van der Waals surface area contributed by atoms with E-state index in [0.717, 1.165) is 17.7 Å². The Bertz CT molecular complexity index is 1120. The third kappa shape index (κ3) is 4.65. The molecule has 6 heteroatoms. The van der Waals surface area contributed by atoms with Crippen LogP contribution < -0.4 is 10.9 Å². The molecule has 0 saturated carbocycles. The molecule has 3 aromatic rings. The van der Waals surface area contributed by atoms with Gasteiger partial charge in [-0.2, -0.15) is 0 Å². The van der Waals surface area contributed by atoms with Crippen molar-refractivity contribution >= 4 is 34.3 Å². The zero-order valence-electron chi connectivity index (χ0n) is 17.6. The molecule has 0 saturated heterocycles. The second kappa shape index (κ2) is 9.76. The van der Waals surface area contributed by atoms with E-state index in [4.69, 9.17) is 0 Å². The van der Waals surface area contributed by atoms with E-state index in [1.807, 2.05) is 49.4 Å². The van der Waals surface area contributed by atoms with Gasteiger partial charge in [-0.25, -0.2) is 4.98 Å². The van der Waals surface area contributed by atoms with Gasteiger partial charge >= 0.3 is 0 Å². The highest BCUT2D eigenvalue weighted by Gasteiger charge is 2.20. The minimum Gasteiger partial charge on any atom is -0.325 e. The molecule has 0 unspecified atom stereocenters. The van der Waals surface area contributed by atoms with Crippen molar-refractivity contribution in [3.8, 4) is 0 Å². The molecule has 0 aliphatic carbocycles. The monoisotopic (exact) mass is 421 g/mol. The summed E-state index contributed by atoms with van der Waals surface area (Å²) < 4.78 is 1.57. The van der Waals surface area contributed by atoms with Gasteiger partial charge in [-0.15, -0.1) is 6.58 Å². The predicted molar refractivity (Wildman–Crippen MR) is 125 cm³/mol. The predicted octanol–water partition coefficient (Wildman–Crippen LogP) is 5.22. The van der Waals surface area contributed by atoms with E-state index in [9.17, 15) is 9.59 Å². The van der Waals surface area contributed by atoms with Crippen LogP contribution in [-0.2, 0) is 11.3 Å². The number of amides is 1. The summed E-state index contributed by atoms with van der Waals surface area (Å²) in [6.07, 6.45) is 2.65. The number of nitrogens with zero attached hydrogens (tertiary/aromatic N) is 2. The normalized spacial score (nSPS) is 13.0. The van der Waals surface area contributed by atoms with Crippen LogP contribution in [0.15, 0.2) is 71.1 Å². The van der Waals surface area contributed by atoms with Crippen molar-refractivity contribution in [2.45, 2.75) is 50.1 Å². The van der Waals surface area contributed by atoms with Crippen LogP contribution in [0, 0.1) is 0 Å². The van der Waals surface area contributed by atoms with Gasteiger partial charge in [-0.05, 0) is 43.0 Å². The molecule has 156 valence electrons. The number of hydrogen-bond donors (Lipinski definition) is 1. The quantitative estimate of drug-likeness (QED) is 0.308. The van der Waals surface area contributed by atoms with Crippen molar-refractivity contribution in [2.75, 3.05) is 5.32 Å². The van der Waals surface area contributed by atoms with Gasteiger partial charge in [-0.3, -0.25) is 14.2 Å². The molecule has 0 spiro atoms. The zero-order chi connectivity index (χ0) is 21.7. The molecule has 1 heterocycles. The Hall–Kier alpha value is -2.86. The molecule has 0 radical (unpaired) electrons. The summed E-state index contributed by atoms with van der Waals surface area (Å²) in [5.41, 5.74) is 2.45. The number of anilines is 1. The molecule has 1 N–H and O–H groups in total. The Morgan fingerprint density at radius 2 is 1.90 bits per heavy atom. The number of para-hydroxylation sites is 2. The van der Waals surface area contributed by atoms with Crippen LogP contribution in [0.2, 0.25) is 0 Å². The summed E-state index contributed by atoms with van der Waals surface area (Å²) in [4.78, 5) is 30.5. The van der Waals surface area contributed by atoms with Crippen LogP contribution in [0.1, 0.15) is 38.7 Å². The number of thioether (sulfide) groups is 1. The fourth-order valence-electron chi connectivity index (χ4n) is 3.23. The van der Waals surface area contributed by atoms with Gasteiger partial charge in [0, 0.05) is 12.2 Å². The fourth-order valence-corrected chi connectivity index (χ4v) is 4.15. The molecule has 0 aliphatic rings. The first-order valence-electron chi connectivity index (χ1n) is 10.1. The standard InChI is InChI=1S/C24H27N3O2S/c1-5-15-27-23(29)19-12-8-10-14-21(19)26-24(27)30-17(4)22(28)25-20-13-9-7-11-18(20)16(3)6-2/h5,7-14,16-17H,1,6,15H2,2-4H3,(H,25,28)/t16-,17+/m1/s1. The Kier molecular flexibility index (Phi) is 7.11. The van der Waals surface area contributed by atoms with Crippen LogP contribution >= 0.6 is 11.8 Å². The van der Waals surface area contributed by atoms with E-state index >= 15 is 0 Å². The third-order valence-electron chi connectivity index (χ3n) is 5.15. The average molecular weight is 422 g/mol. The molecule has 1 amide bonds. The number of nitrogens with one attached hydrogen (secondary N) is 1. The number of benzene rings is 2. The maximum Gasteiger partial charge on any atom is 0.262 e. The van der Waals surface area contributed by atoms with Crippen LogP contribution in [0.5, 0.6) is 0 Å². The van der Waals surface area contributed by atoms with Crippen molar-refractivity contribution < 1.29 is 4.79 Å². The van der Waals surface area contributed by atoms with E-state index in [1.54, 1.807) is 16.7 Å². The molecule has 0 fully saturated rings.